The van der Waals surface area contributed by atoms with Crippen molar-refractivity contribution in [3.63, 3.8) is 0 Å². The Morgan fingerprint density at radius 2 is 1.52 bits per heavy atom. The quantitative estimate of drug-likeness (QED) is 0.597. The summed E-state index contributed by atoms with van der Waals surface area (Å²) in [7, 11) is 1.20. The first-order chi connectivity index (χ1) is 9.76. The van der Waals surface area contributed by atoms with Crippen LogP contribution >= 0.6 is 34.8 Å². The minimum Gasteiger partial charge on any atom is -0.477 e. The molecule has 0 unspecified atom stereocenters. The Kier molecular flexibility index (Phi) is 6.58. The van der Waals surface area contributed by atoms with Gasteiger partial charge in [0.25, 0.3) is 0 Å². The van der Waals surface area contributed by atoms with Crippen molar-refractivity contribution in [2.75, 3.05) is 7.11 Å². The van der Waals surface area contributed by atoms with Gasteiger partial charge in [0.15, 0.2) is 12.2 Å². The van der Waals surface area contributed by atoms with Crippen LogP contribution in [0.3, 0.4) is 0 Å². The summed E-state index contributed by atoms with van der Waals surface area (Å²) in [5.41, 5.74) is 0. The second-order valence-electron chi connectivity index (χ2n) is 4.06. The van der Waals surface area contributed by atoms with E-state index in [0.29, 0.717) is 0 Å². The molecule has 0 amide bonds. The van der Waals surface area contributed by atoms with E-state index in [-0.39, 0.29) is 20.8 Å². The second kappa shape index (κ2) is 7.73. The highest BCUT2D eigenvalue weighted by atomic mass is 35.5. The predicted molar refractivity (Wildman–Crippen MR) is 79.1 cm³/mol. The van der Waals surface area contributed by atoms with Crippen molar-refractivity contribution in [1.82, 2.24) is 0 Å². The van der Waals surface area contributed by atoms with Gasteiger partial charge in [0.1, 0.15) is 5.75 Å². The van der Waals surface area contributed by atoms with Gasteiger partial charge in [-0.2, -0.15) is 0 Å². The Morgan fingerprint density at radius 1 is 0.952 bits per heavy atom. The lowest BCUT2D eigenvalue weighted by Crippen LogP contribution is -2.33. The summed E-state index contributed by atoms with van der Waals surface area (Å²) in [6.45, 7) is 2.84. The molecule has 0 aliphatic heterocycles. The van der Waals surface area contributed by atoms with Crippen LogP contribution in [-0.2, 0) is 19.1 Å². The highest BCUT2D eigenvalue weighted by Crippen LogP contribution is 2.34. The van der Waals surface area contributed by atoms with Crippen LogP contribution in [0.25, 0.3) is 0 Å². The van der Waals surface area contributed by atoms with Crippen molar-refractivity contribution < 1.29 is 23.8 Å². The van der Waals surface area contributed by atoms with E-state index in [1.807, 2.05) is 0 Å². The summed E-state index contributed by atoms with van der Waals surface area (Å²) in [5, 5.41) is 0.702. The third-order valence-electron chi connectivity index (χ3n) is 2.44. The van der Waals surface area contributed by atoms with Crippen LogP contribution < -0.4 is 4.74 Å². The highest BCUT2D eigenvalue weighted by Gasteiger charge is 2.24. The van der Waals surface area contributed by atoms with E-state index in [4.69, 9.17) is 44.3 Å². The van der Waals surface area contributed by atoms with Gasteiger partial charge in [-0.1, -0.05) is 34.8 Å². The zero-order valence-corrected chi connectivity index (χ0v) is 13.8. The summed E-state index contributed by atoms with van der Waals surface area (Å²) in [5.74, 6) is -1.22. The molecule has 0 radical (unpaired) electrons. The van der Waals surface area contributed by atoms with Gasteiger partial charge in [-0.05, 0) is 19.9 Å². The number of halogens is 3. The lowest BCUT2D eigenvalue weighted by Gasteiger charge is -2.17. The second-order valence-corrected chi connectivity index (χ2v) is 5.28. The molecule has 5 nitrogen and oxygen atoms in total. The first-order valence-electron chi connectivity index (χ1n) is 5.85. The van der Waals surface area contributed by atoms with Gasteiger partial charge in [-0.3, -0.25) is 0 Å². The molecule has 1 rings (SSSR count). The van der Waals surface area contributed by atoms with E-state index in [1.54, 1.807) is 0 Å². The SMILES string of the molecule is COC(=O)[C@@H](C)OC(=O)[C@H](C)Oc1cc(Cl)c(Cl)cc1Cl. The fraction of sp³-hybridized carbons (Fsp3) is 0.385. The minimum atomic E-state index is -1.03. The third-order valence-corrected chi connectivity index (χ3v) is 3.45. The standard InChI is InChI=1S/C13H13Cl3O5/c1-6(12(17)19-3)21-13(18)7(2)20-11-5-9(15)8(14)4-10(11)16/h4-7H,1-3H3/t6-,7+/m1/s1. The van der Waals surface area contributed by atoms with E-state index >= 15 is 0 Å². The van der Waals surface area contributed by atoms with Crippen LogP contribution in [0.4, 0.5) is 0 Å². The van der Waals surface area contributed by atoms with E-state index in [0.717, 1.165) is 0 Å². The molecular formula is C13H13Cl3O5. The van der Waals surface area contributed by atoms with Crippen LogP contribution in [0.2, 0.25) is 15.1 Å². The fourth-order valence-corrected chi connectivity index (χ4v) is 1.90. The molecule has 0 saturated carbocycles. The molecule has 8 heteroatoms. The normalized spacial score (nSPS) is 13.2. The lowest BCUT2D eigenvalue weighted by molar-refractivity contribution is -0.168. The Hall–Kier alpha value is -1.17. The number of esters is 2. The molecule has 116 valence electrons. The molecule has 0 heterocycles. The van der Waals surface area contributed by atoms with E-state index < -0.39 is 24.1 Å². The summed E-state index contributed by atoms with van der Waals surface area (Å²) >= 11 is 17.6. The molecule has 0 aliphatic rings. The fourth-order valence-electron chi connectivity index (χ4n) is 1.32. The number of methoxy groups -OCH3 is 1. The van der Waals surface area contributed by atoms with Crippen molar-refractivity contribution in [1.29, 1.82) is 0 Å². The Balaban J connectivity index is 2.73. The van der Waals surface area contributed by atoms with Crippen molar-refractivity contribution in [3.05, 3.63) is 27.2 Å². The largest absolute Gasteiger partial charge is 0.477 e. The molecule has 2 atom stereocenters. The molecule has 0 N–H and O–H groups in total. The number of hydrogen-bond donors (Lipinski definition) is 0. The Labute approximate surface area is 137 Å². The maximum Gasteiger partial charge on any atom is 0.347 e. The van der Waals surface area contributed by atoms with Gasteiger partial charge in [0.2, 0.25) is 0 Å². The van der Waals surface area contributed by atoms with Gasteiger partial charge in [-0.15, -0.1) is 0 Å². The van der Waals surface area contributed by atoms with Crippen LogP contribution in [0.5, 0.6) is 5.75 Å². The molecule has 0 fully saturated rings. The topological polar surface area (TPSA) is 61.8 Å². The maximum atomic E-state index is 11.8. The van der Waals surface area contributed by atoms with Crippen molar-refractivity contribution in [2.24, 2.45) is 0 Å². The smallest absolute Gasteiger partial charge is 0.347 e. The van der Waals surface area contributed by atoms with Crippen molar-refractivity contribution in [2.45, 2.75) is 26.1 Å². The van der Waals surface area contributed by atoms with Gasteiger partial charge in [-0.25, -0.2) is 9.59 Å². The van der Waals surface area contributed by atoms with E-state index in [9.17, 15) is 9.59 Å². The molecular weight excluding hydrogens is 342 g/mol. The zero-order valence-electron chi connectivity index (χ0n) is 11.5. The monoisotopic (exact) mass is 354 g/mol. The number of carbonyl (C=O) groups excluding carboxylic acids is 2. The zero-order chi connectivity index (χ0) is 16.2. The average Bonchev–Trinajstić information content (AvgIpc) is 2.43. The van der Waals surface area contributed by atoms with Gasteiger partial charge in [0.05, 0.1) is 22.2 Å². The summed E-state index contributed by atoms with van der Waals surface area (Å²) in [6, 6.07) is 2.79. The van der Waals surface area contributed by atoms with Crippen LogP contribution in [0, 0.1) is 0 Å². The number of rotatable bonds is 5. The first-order valence-corrected chi connectivity index (χ1v) is 6.99. The van der Waals surface area contributed by atoms with Gasteiger partial charge >= 0.3 is 11.9 Å². The molecule has 21 heavy (non-hydrogen) atoms. The van der Waals surface area contributed by atoms with Gasteiger partial charge < -0.3 is 14.2 Å². The van der Waals surface area contributed by atoms with E-state index in [2.05, 4.69) is 4.74 Å². The third kappa shape index (κ3) is 4.95. The molecule has 0 saturated heterocycles. The van der Waals surface area contributed by atoms with E-state index in [1.165, 1.54) is 33.1 Å². The number of ether oxygens (including phenoxy) is 3. The molecule has 0 spiro atoms. The van der Waals surface area contributed by atoms with Crippen molar-refractivity contribution in [3.8, 4) is 5.75 Å². The Bertz CT molecular complexity index is 547. The average molecular weight is 356 g/mol. The van der Waals surface area contributed by atoms with Crippen LogP contribution in [0.15, 0.2) is 12.1 Å². The predicted octanol–water partition coefficient (Wildman–Crippen LogP) is 3.52. The van der Waals surface area contributed by atoms with Crippen molar-refractivity contribution >= 4 is 46.7 Å². The summed E-state index contributed by atoms with van der Waals surface area (Å²) in [4.78, 5) is 23.0. The summed E-state index contributed by atoms with van der Waals surface area (Å²) < 4.78 is 14.7. The van der Waals surface area contributed by atoms with Crippen LogP contribution in [0.1, 0.15) is 13.8 Å². The molecule has 0 aromatic heterocycles. The highest BCUT2D eigenvalue weighted by molar-refractivity contribution is 6.43. The summed E-state index contributed by atoms with van der Waals surface area (Å²) in [6.07, 6.45) is -2.02. The number of benzene rings is 1. The number of carbonyl (C=O) groups is 2. The molecule has 1 aromatic rings. The molecule has 1 aromatic carbocycles. The minimum absolute atomic E-state index is 0.182. The number of hydrogen-bond acceptors (Lipinski definition) is 5. The first kappa shape index (κ1) is 17.9. The van der Waals surface area contributed by atoms with Gasteiger partial charge in [0, 0.05) is 6.07 Å². The molecule has 0 aliphatic carbocycles. The van der Waals surface area contributed by atoms with Crippen LogP contribution in [-0.4, -0.2) is 31.3 Å². The Morgan fingerprint density at radius 3 is 2.10 bits per heavy atom. The maximum absolute atomic E-state index is 11.8. The lowest BCUT2D eigenvalue weighted by atomic mass is 10.3. The molecule has 0 bridgehead atoms.